The minimum atomic E-state index is -4.34. The molecule has 0 aromatic heterocycles. The van der Waals surface area contributed by atoms with Crippen LogP contribution in [0.15, 0.2) is 12.1 Å². The first-order valence-electron chi connectivity index (χ1n) is 6.38. The van der Waals surface area contributed by atoms with Gasteiger partial charge in [0.25, 0.3) is 0 Å². The van der Waals surface area contributed by atoms with Crippen LogP contribution in [-0.2, 0) is 4.74 Å². The first-order chi connectivity index (χ1) is 9.56. The maximum absolute atomic E-state index is 12.7. The molecule has 0 radical (unpaired) electrons. The SMILES string of the molecule is COC(=O)c1cc(N(CC(F)(F)F)C(C)C)cc(C)c1N. The number of nitrogens with two attached hydrogens (primary N) is 1. The number of nitrogens with zero attached hydrogens (tertiary/aromatic N) is 1. The number of aryl methyl sites for hydroxylation is 1. The molecule has 0 saturated heterocycles. The highest BCUT2D eigenvalue weighted by Gasteiger charge is 2.32. The van der Waals surface area contributed by atoms with Crippen molar-refractivity contribution < 1.29 is 22.7 Å². The number of benzene rings is 1. The quantitative estimate of drug-likeness (QED) is 0.686. The molecule has 0 fully saturated rings. The number of carbonyl (C=O) groups excluding carboxylic acids is 1. The fourth-order valence-electron chi connectivity index (χ4n) is 1.99. The van der Waals surface area contributed by atoms with E-state index >= 15 is 0 Å². The largest absolute Gasteiger partial charge is 0.465 e. The highest BCUT2D eigenvalue weighted by molar-refractivity contribution is 5.97. The van der Waals surface area contributed by atoms with E-state index in [0.29, 0.717) is 5.56 Å². The number of esters is 1. The molecule has 0 aliphatic heterocycles. The number of halogens is 3. The van der Waals surface area contributed by atoms with Crippen molar-refractivity contribution in [2.45, 2.75) is 33.0 Å². The predicted octanol–water partition coefficient (Wildman–Crippen LogP) is 3.14. The molecule has 1 aromatic rings. The summed E-state index contributed by atoms with van der Waals surface area (Å²) in [7, 11) is 1.19. The number of rotatable bonds is 4. The highest BCUT2D eigenvalue weighted by Crippen LogP contribution is 2.29. The molecule has 7 heteroatoms. The summed E-state index contributed by atoms with van der Waals surface area (Å²) in [5.74, 6) is -0.673. The zero-order valence-electron chi connectivity index (χ0n) is 12.4. The van der Waals surface area contributed by atoms with Crippen molar-refractivity contribution in [3.8, 4) is 0 Å². The second kappa shape index (κ2) is 6.24. The molecule has 4 nitrogen and oxygen atoms in total. The van der Waals surface area contributed by atoms with Crippen LogP contribution >= 0.6 is 0 Å². The van der Waals surface area contributed by atoms with Gasteiger partial charge in [-0.2, -0.15) is 13.2 Å². The topological polar surface area (TPSA) is 55.6 Å². The molecule has 1 aromatic carbocycles. The smallest absolute Gasteiger partial charge is 0.405 e. The van der Waals surface area contributed by atoms with Crippen molar-refractivity contribution in [3.63, 3.8) is 0 Å². The van der Waals surface area contributed by atoms with Gasteiger partial charge in [0.1, 0.15) is 6.54 Å². The maximum Gasteiger partial charge on any atom is 0.405 e. The summed E-state index contributed by atoms with van der Waals surface area (Å²) < 4.78 is 42.7. The van der Waals surface area contributed by atoms with E-state index in [1.165, 1.54) is 24.1 Å². The zero-order valence-corrected chi connectivity index (χ0v) is 12.4. The lowest BCUT2D eigenvalue weighted by molar-refractivity contribution is -0.120. The van der Waals surface area contributed by atoms with Crippen LogP contribution in [0.5, 0.6) is 0 Å². The van der Waals surface area contributed by atoms with E-state index in [1.54, 1.807) is 20.8 Å². The van der Waals surface area contributed by atoms with Gasteiger partial charge in [-0.05, 0) is 38.5 Å². The Morgan fingerprint density at radius 3 is 2.38 bits per heavy atom. The molecule has 0 amide bonds. The number of hydrogen-bond acceptors (Lipinski definition) is 4. The third kappa shape index (κ3) is 4.27. The number of alkyl halides is 3. The molecule has 0 bridgehead atoms. The fourth-order valence-corrected chi connectivity index (χ4v) is 1.99. The van der Waals surface area contributed by atoms with Crippen molar-refractivity contribution >= 4 is 17.3 Å². The van der Waals surface area contributed by atoms with E-state index < -0.39 is 18.7 Å². The van der Waals surface area contributed by atoms with Crippen LogP contribution in [0.4, 0.5) is 24.5 Å². The van der Waals surface area contributed by atoms with Gasteiger partial charge in [0, 0.05) is 17.4 Å². The number of methoxy groups -OCH3 is 1. The molecule has 118 valence electrons. The molecule has 0 aliphatic carbocycles. The van der Waals surface area contributed by atoms with Crippen LogP contribution in [-0.4, -0.2) is 31.8 Å². The van der Waals surface area contributed by atoms with Crippen molar-refractivity contribution in [2.75, 3.05) is 24.3 Å². The van der Waals surface area contributed by atoms with Gasteiger partial charge in [0.2, 0.25) is 0 Å². The second-order valence-corrected chi connectivity index (χ2v) is 5.05. The number of hydrogen-bond donors (Lipinski definition) is 1. The van der Waals surface area contributed by atoms with Crippen LogP contribution in [0, 0.1) is 6.92 Å². The van der Waals surface area contributed by atoms with Crippen LogP contribution in [0.2, 0.25) is 0 Å². The minimum absolute atomic E-state index is 0.0697. The van der Waals surface area contributed by atoms with Gasteiger partial charge in [-0.1, -0.05) is 0 Å². The molecule has 21 heavy (non-hydrogen) atoms. The molecule has 1 rings (SSSR count). The predicted molar refractivity (Wildman–Crippen MR) is 75.5 cm³/mol. The van der Waals surface area contributed by atoms with Crippen LogP contribution in [0.1, 0.15) is 29.8 Å². The van der Waals surface area contributed by atoms with Gasteiger partial charge in [0.05, 0.1) is 12.7 Å². The van der Waals surface area contributed by atoms with Crippen molar-refractivity contribution in [3.05, 3.63) is 23.3 Å². The highest BCUT2D eigenvalue weighted by atomic mass is 19.4. The number of anilines is 2. The number of carbonyl (C=O) groups is 1. The normalized spacial score (nSPS) is 11.6. The molecule has 0 heterocycles. The van der Waals surface area contributed by atoms with Crippen LogP contribution in [0.25, 0.3) is 0 Å². The first kappa shape index (κ1) is 17.1. The lowest BCUT2D eigenvalue weighted by atomic mass is 10.1. The van der Waals surface area contributed by atoms with Crippen LogP contribution < -0.4 is 10.6 Å². The van der Waals surface area contributed by atoms with Crippen molar-refractivity contribution in [1.82, 2.24) is 0 Å². The lowest BCUT2D eigenvalue weighted by Crippen LogP contribution is -2.39. The Balaban J connectivity index is 3.33. The van der Waals surface area contributed by atoms with E-state index in [0.717, 1.165) is 0 Å². The Morgan fingerprint density at radius 2 is 1.95 bits per heavy atom. The van der Waals surface area contributed by atoms with Gasteiger partial charge in [-0.15, -0.1) is 0 Å². The van der Waals surface area contributed by atoms with Gasteiger partial charge >= 0.3 is 12.1 Å². The summed E-state index contributed by atoms with van der Waals surface area (Å²) in [5, 5.41) is 0. The molecule has 0 saturated carbocycles. The second-order valence-electron chi connectivity index (χ2n) is 5.05. The minimum Gasteiger partial charge on any atom is -0.465 e. The molecule has 0 spiro atoms. The molecule has 0 unspecified atom stereocenters. The number of ether oxygens (including phenoxy) is 1. The van der Waals surface area contributed by atoms with E-state index in [1.807, 2.05) is 0 Å². The Labute approximate surface area is 121 Å². The van der Waals surface area contributed by atoms with Crippen molar-refractivity contribution in [1.29, 1.82) is 0 Å². The summed E-state index contributed by atoms with van der Waals surface area (Å²) >= 11 is 0. The monoisotopic (exact) mass is 304 g/mol. The first-order valence-corrected chi connectivity index (χ1v) is 6.38. The van der Waals surface area contributed by atoms with Crippen LogP contribution in [0.3, 0.4) is 0 Å². The average Bonchev–Trinajstić information content (AvgIpc) is 2.37. The summed E-state index contributed by atoms with van der Waals surface area (Å²) in [5.41, 5.74) is 6.88. The lowest BCUT2D eigenvalue weighted by Gasteiger charge is -2.30. The summed E-state index contributed by atoms with van der Waals surface area (Å²) in [6.07, 6.45) is -4.34. The zero-order chi connectivity index (χ0) is 16.4. The Morgan fingerprint density at radius 1 is 1.38 bits per heavy atom. The third-order valence-corrected chi connectivity index (χ3v) is 3.08. The van der Waals surface area contributed by atoms with E-state index in [4.69, 9.17) is 5.73 Å². The average molecular weight is 304 g/mol. The van der Waals surface area contributed by atoms with Gasteiger partial charge < -0.3 is 15.4 Å². The van der Waals surface area contributed by atoms with E-state index in [9.17, 15) is 18.0 Å². The van der Waals surface area contributed by atoms with E-state index in [2.05, 4.69) is 4.74 Å². The van der Waals surface area contributed by atoms with Crippen molar-refractivity contribution in [2.24, 2.45) is 0 Å². The molecule has 0 atom stereocenters. The summed E-state index contributed by atoms with van der Waals surface area (Å²) in [4.78, 5) is 12.8. The Bertz CT molecular complexity index is 528. The van der Waals surface area contributed by atoms with Gasteiger partial charge in [0.15, 0.2) is 0 Å². The molecular formula is C14H19F3N2O2. The third-order valence-electron chi connectivity index (χ3n) is 3.08. The van der Waals surface area contributed by atoms with E-state index in [-0.39, 0.29) is 23.0 Å². The molecule has 2 N–H and O–H groups in total. The van der Waals surface area contributed by atoms with Gasteiger partial charge in [-0.25, -0.2) is 4.79 Å². The number of nitrogen functional groups attached to an aromatic ring is 1. The molecular weight excluding hydrogens is 285 g/mol. The molecule has 0 aliphatic rings. The standard InChI is InChI=1S/C14H19F3N2O2/c1-8(2)19(7-14(15,16)17)10-5-9(3)12(18)11(6-10)13(20)21-4/h5-6,8H,7,18H2,1-4H3. The Kier molecular flexibility index (Phi) is 5.09. The van der Waals surface area contributed by atoms with Gasteiger partial charge in [-0.3, -0.25) is 0 Å². The maximum atomic E-state index is 12.7. The Hall–Kier alpha value is -1.92. The summed E-state index contributed by atoms with van der Waals surface area (Å²) in [6.45, 7) is 3.83. The summed E-state index contributed by atoms with van der Waals surface area (Å²) in [6, 6.07) is 2.48. The fraction of sp³-hybridized carbons (Fsp3) is 0.500.